The van der Waals surface area contributed by atoms with Crippen molar-refractivity contribution in [1.29, 1.82) is 0 Å². The quantitative estimate of drug-likeness (QED) is 0.348. The number of nitrogens with one attached hydrogen (secondary N) is 1. The number of benzene rings is 1. The molecule has 0 unspecified atom stereocenters. The lowest BCUT2D eigenvalue weighted by Crippen LogP contribution is -2.31. The molecule has 0 aliphatic carbocycles. The van der Waals surface area contributed by atoms with Crippen molar-refractivity contribution in [2.24, 2.45) is 10.8 Å². The highest BCUT2D eigenvalue weighted by molar-refractivity contribution is 5.98. The summed E-state index contributed by atoms with van der Waals surface area (Å²) in [5.41, 5.74) is 4.91. The van der Waals surface area contributed by atoms with E-state index in [4.69, 9.17) is 10.6 Å². The summed E-state index contributed by atoms with van der Waals surface area (Å²) in [5, 5.41) is 0. The molecule has 0 radical (unpaired) electrons. The topological polar surface area (TPSA) is 59.6 Å². The molecular formula is C12H17N3O. The zero-order valence-electron chi connectivity index (χ0n) is 9.49. The van der Waals surface area contributed by atoms with E-state index in [1.165, 1.54) is 5.56 Å². The number of aliphatic imine (C=N–C) groups is 1. The van der Waals surface area contributed by atoms with E-state index >= 15 is 0 Å². The Balaban J connectivity index is 2.25. The van der Waals surface area contributed by atoms with Crippen molar-refractivity contribution in [3.05, 3.63) is 29.3 Å². The maximum Gasteiger partial charge on any atom is 0.142 e. The molecule has 1 aliphatic heterocycles. The Bertz CT molecular complexity index is 401. The van der Waals surface area contributed by atoms with Gasteiger partial charge in [0.25, 0.3) is 0 Å². The minimum Gasteiger partial charge on any atom is -0.493 e. The van der Waals surface area contributed by atoms with Crippen LogP contribution in [0.2, 0.25) is 0 Å². The Hall–Kier alpha value is -1.55. The molecule has 4 nitrogen and oxygen atoms in total. The van der Waals surface area contributed by atoms with Crippen LogP contribution in [0.4, 0.5) is 0 Å². The standard InChI is InChI=1S/C12H17N3O/c1-2-6-14-12(15-13)10-3-4-11-9(8-10)5-7-16-11/h3-4,8H,2,5-7,13H2,1H3,(H,14,15). The van der Waals surface area contributed by atoms with Crippen LogP contribution in [0.3, 0.4) is 0 Å². The van der Waals surface area contributed by atoms with Gasteiger partial charge in [0, 0.05) is 18.5 Å². The van der Waals surface area contributed by atoms with Crippen LogP contribution in [-0.2, 0) is 6.42 Å². The van der Waals surface area contributed by atoms with Crippen molar-refractivity contribution in [1.82, 2.24) is 5.43 Å². The van der Waals surface area contributed by atoms with E-state index in [0.717, 1.165) is 43.1 Å². The maximum absolute atomic E-state index is 5.48. The normalized spacial score (nSPS) is 14.5. The van der Waals surface area contributed by atoms with E-state index in [9.17, 15) is 0 Å². The first kappa shape index (κ1) is 11.0. The third-order valence-electron chi connectivity index (χ3n) is 2.59. The molecule has 0 atom stereocenters. The zero-order valence-corrected chi connectivity index (χ0v) is 9.49. The maximum atomic E-state index is 5.48. The zero-order chi connectivity index (χ0) is 11.4. The number of hydrogen-bond acceptors (Lipinski definition) is 3. The smallest absolute Gasteiger partial charge is 0.142 e. The van der Waals surface area contributed by atoms with Crippen LogP contribution in [0.5, 0.6) is 5.75 Å². The Morgan fingerprint density at radius 3 is 3.19 bits per heavy atom. The molecule has 3 N–H and O–H groups in total. The lowest BCUT2D eigenvalue weighted by molar-refractivity contribution is 0.357. The number of fused-ring (bicyclic) bond motifs is 1. The average molecular weight is 219 g/mol. The van der Waals surface area contributed by atoms with E-state index in [1.807, 2.05) is 12.1 Å². The van der Waals surface area contributed by atoms with Gasteiger partial charge in [-0.15, -0.1) is 0 Å². The van der Waals surface area contributed by atoms with Gasteiger partial charge >= 0.3 is 0 Å². The number of nitrogens with zero attached hydrogens (tertiary/aromatic N) is 1. The van der Waals surface area contributed by atoms with E-state index < -0.39 is 0 Å². The van der Waals surface area contributed by atoms with Crippen molar-refractivity contribution in [2.45, 2.75) is 19.8 Å². The Labute approximate surface area is 95.5 Å². The molecule has 0 saturated heterocycles. The van der Waals surface area contributed by atoms with E-state index in [1.54, 1.807) is 0 Å². The number of amidine groups is 1. The largest absolute Gasteiger partial charge is 0.493 e. The summed E-state index contributed by atoms with van der Waals surface area (Å²) in [4.78, 5) is 4.40. The molecular weight excluding hydrogens is 202 g/mol. The molecule has 0 fully saturated rings. The lowest BCUT2D eigenvalue weighted by Gasteiger charge is -2.07. The summed E-state index contributed by atoms with van der Waals surface area (Å²) in [6, 6.07) is 6.06. The highest BCUT2D eigenvalue weighted by Crippen LogP contribution is 2.25. The van der Waals surface area contributed by atoms with Gasteiger partial charge < -0.3 is 10.2 Å². The monoisotopic (exact) mass is 219 g/mol. The van der Waals surface area contributed by atoms with Crippen LogP contribution < -0.4 is 16.0 Å². The van der Waals surface area contributed by atoms with Crippen molar-refractivity contribution in [3.8, 4) is 5.75 Å². The van der Waals surface area contributed by atoms with Crippen LogP contribution in [-0.4, -0.2) is 19.0 Å². The number of hydrazine groups is 1. The van der Waals surface area contributed by atoms with Crippen molar-refractivity contribution >= 4 is 5.84 Å². The fourth-order valence-corrected chi connectivity index (χ4v) is 1.78. The SMILES string of the molecule is CCCN=C(NN)c1ccc2c(c1)CCO2. The Morgan fingerprint density at radius 1 is 1.56 bits per heavy atom. The van der Waals surface area contributed by atoms with E-state index in [0.29, 0.717) is 0 Å². The van der Waals surface area contributed by atoms with Gasteiger partial charge in [-0.3, -0.25) is 4.99 Å². The first-order valence-electron chi connectivity index (χ1n) is 5.62. The van der Waals surface area contributed by atoms with Crippen molar-refractivity contribution in [3.63, 3.8) is 0 Å². The number of ether oxygens (including phenoxy) is 1. The van der Waals surface area contributed by atoms with Gasteiger partial charge in [-0.2, -0.15) is 0 Å². The molecule has 0 saturated carbocycles. The molecule has 2 rings (SSSR count). The molecule has 1 aromatic carbocycles. The fraction of sp³-hybridized carbons (Fsp3) is 0.417. The van der Waals surface area contributed by atoms with E-state index in [-0.39, 0.29) is 0 Å². The van der Waals surface area contributed by atoms with Gasteiger partial charge in [0.05, 0.1) is 6.61 Å². The van der Waals surface area contributed by atoms with Gasteiger partial charge in [-0.05, 0) is 30.2 Å². The minimum absolute atomic E-state index is 0.747. The number of hydrogen-bond donors (Lipinski definition) is 2. The Morgan fingerprint density at radius 2 is 2.44 bits per heavy atom. The van der Waals surface area contributed by atoms with Gasteiger partial charge in [0.1, 0.15) is 11.6 Å². The second-order valence-electron chi connectivity index (χ2n) is 3.80. The molecule has 1 aliphatic rings. The summed E-state index contributed by atoms with van der Waals surface area (Å²) in [6.07, 6.45) is 1.98. The molecule has 16 heavy (non-hydrogen) atoms. The summed E-state index contributed by atoms with van der Waals surface area (Å²) in [5.74, 6) is 7.21. The van der Waals surface area contributed by atoms with E-state index in [2.05, 4.69) is 23.4 Å². The molecule has 86 valence electrons. The second-order valence-corrected chi connectivity index (χ2v) is 3.80. The molecule has 1 aromatic rings. The van der Waals surface area contributed by atoms with Crippen LogP contribution in [0.1, 0.15) is 24.5 Å². The van der Waals surface area contributed by atoms with Gasteiger partial charge in [0.2, 0.25) is 0 Å². The van der Waals surface area contributed by atoms with Gasteiger partial charge in [-0.25, -0.2) is 5.84 Å². The Kier molecular flexibility index (Phi) is 3.41. The first-order valence-corrected chi connectivity index (χ1v) is 5.62. The van der Waals surface area contributed by atoms with Crippen LogP contribution in [0.25, 0.3) is 0 Å². The lowest BCUT2D eigenvalue weighted by atomic mass is 10.1. The van der Waals surface area contributed by atoms with Crippen LogP contribution in [0, 0.1) is 0 Å². The number of rotatable bonds is 3. The molecule has 0 amide bonds. The van der Waals surface area contributed by atoms with Gasteiger partial charge in [0.15, 0.2) is 0 Å². The highest BCUT2D eigenvalue weighted by Gasteiger charge is 2.13. The molecule has 0 bridgehead atoms. The third kappa shape index (κ3) is 2.17. The summed E-state index contributed by atoms with van der Waals surface area (Å²) in [7, 11) is 0. The van der Waals surface area contributed by atoms with Crippen LogP contribution >= 0.6 is 0 Å². The summed E-state index contributed by atoms with van der Waals surface area (Å²) < 4.78 is 5.46. The third-order valence-corrected chi connectivity index (χ3v) is 2.59. The molecule has 0 spiro atoms. The summed E-state index contributed by atoms with van der Waals surface area (Å²) in [6.45, 7) is 3.65. The summed E-state index contributed by atoms with van der Waals surface area (Å²) >= 11 is 0. The minimum atomic E-state index is 0.747. The second kappa shape index (κ2) is 4.99. The first-order chi connectivity index (χ1) is 7.85. The average Bonchev–Trinajstić information content (AvgIpc) is 2.77. The van der Waals surface area contributed by atoms with Crippen LogP contribution in [0.15, 0.2) is 23.2 Å². The van der Waals surface area contributed by atoms with Crippen molar-refractivity contribution < 1.29 is 4.74 Å². The van der Waals surface area contributed by atoms with Crippen molar-refractivity contribution in [2.75, 3.05) is 13.2 Å². The highest BCUT2D eigenvalue weighted by atomic mass is 16.5. The molecule has 0 aromatic heterocycles. The predicted octanol–water partition coefficient (Wildman–Crippen LogP) is 1.24. The van der Waals surface area contributed by atoms with Gasteiger partial charge in [-0.1, -0.05) is 6.92 Å². The predicted molar refractivity (Wildman–Crippen MR) is 64.7 cm³/mol. The fourth-order valence-electron chi connectivity index (χ4n) is 1.78. The molecule has 1 heterocycles. The molecule has 4 heteroatoms. The number of nitrogens with two attached hydrogens (primary N) is 1.